The number of piperazine rings is 1. The van der Waals surface area contributed by atoms with Crippen LogP contribution in [-0.2, 0) is 10.0 Å². The number of aryl methyl sites for hydroxylation is 1. The van der Waals surface area contributed by atoms with Gasteiger partial charge in [0.1, 0.15) is 0 Å². The van der Waals surface area contributed by atoms with Crippen LogP contribution in [0.2, 0.25) is 0 Å². The van der Waals surface area contributed by atoms with Gasteiger partial charge in [-0.3, -0.25) is 4.79 Å². The Hall–Kier alpha value is -1.15. The van der Waals surface area contributed by atoms with Crippen molar-refractivity contribution in [1.29, 1.82) is 0 Å². The number of benzene rings is 1. The van der Waals surface area contributed by atoms with E-state index in [-0.39, 0.29) is 23.2 Å². The number of carbonyl (C=O) groups is 1. The van der Waals surface area contributed by atoms with E-state index >= 15 is 0 Å². The minimum Gasteiger partial charge on any atom is -0.336 e. The van der Waals surface area contributed by atoms with Crippen LogP contribution in [0.15, 0.2) is 23.1 Å². The summed E-state index contributed by atoms with van der Waals surface area (Å²) in [6.07, 6.45) is 2.88. The van der Waals surface area contributed by atoms with Gasteiger partial charge in [0.25, 0.3) is 5.91 Å². The highest BCUT2D eigenvalue weighted by atomic mass is 35.5. The molecule has 0 unspecified atom stereocenters. The molecule has 2 aliphatic rings. The zero-order valence-electron chi connectivity index (χ0n) is 14.5. The number of amides is 1. The van der Waals surface area contributed by atoms with Gasteiger partial charge in [-0.05, 0) is 37.5 Å². The molecule has 1 N–H and O–H groups in total. The van der Waals surface area contributed by atoms with E-state index in [1.165, 1.54) is 0 Å². The maximum atomic E-state index is 13.0. The van der Waals surface area contributed by atoms with Crippen molar-refractivity contribution in [2.75, 3.05) is 39.3 Å². The van der Waals surface area contributed by atoms with Crippen molar-refractivity contribution in [3.63, 3.8) is 0 Å². The lowest BCUT2D eigenvalue weighted by Gasteiger charge is -2.28. The fourth-order valence-electron chi connectivity index (χ4n) is 3.31. The van der Waals surface area contributed by atoms with E-state index in [2.05, 4.69) is 5.32 Å². The lowest BCUT2D eigenvalue weighted by molar-refractivity contribution is 0.0735. The largest absolute Gasteiger partial charge is 0.336 e. The van der Waals surface area contributed by atoms with Gasteiger partial charge in [-0.1, -0.05) is 12.5 Å². The number of halogens is 1. The molecule has 2 aliphatic heterocycles. The number of nitrogens with one attached hydrogen (secondary N) is 1. The molecule has 0 saturated carbocycles. The number of hydrogen-bond donors (Lipinski definition) is 1. The van der Waals surface area contributed by atoms with Crippen LogP contribution < -0.4 is 5.32 Å². The van der Waals surface area contributed by atoms with Crippen molar-refractivity contribution in [3.05, 3.63) is 29.3 Å². The average molecular weight is 388 g/mol. The first kappa shape index (κ1) is 20.2. The maximum absolute atomic E-state index is 13.0. The summed E-state index contributed by atoms with van der Waals surface area (Å²) in [5.41, 5.74) is 1.15. The summed E-state index contributed by atoms with van der Waals surface area (Å²) < 4.78 is 27.5. The Morgan fingerprint density at radius 1 is 1.04 bits per heavy atom. The molecule has 1 amide bonds. The fourth-order valence-corrected chi connectivity index (χ4v) is 5.07. The highest BCUT2D eigenvalue weighted by molar-refractivity contribution is 7.89. The van der Waals surface area contributed by atoms with E-state index in [0.29, 0.717) is 37.3 Å². The van der Waals surface area contributed by atoms with Crippen molar-refractivity contribution >= 4 is 28.3 Å². The molecule has 2 fully saturated rings. The summed E-state index contributed by atoms with van der Waals surface area (Å²) >= 11 is 0. The van der Waals surface area contributed by atoms with Crippen LogP contribution in [0, 0.1) is 6.92 Å². The van der Waals surface area contributed by atoms with Gasteiger partial charge in [-0.2, -0.15) is 4.31 Å². The molecule has 1 aromatic carbocycles. The summed E-state index contributed by atoms with van der Waals surface area (Å²) in [6.45, 7) is 5.78. The zero-order chi connectivity index (χ0) is 17.2. The molecule has 2 saturated heterocycles. The molecule has 0 aliphatic carbocycles. The summed E-state index contributed by atoms with van der Waals surface area (Å²) in [7, 11) is -3.53. The lowest BCUT2D eigenvalue weighted by Crippen LogP contribution is -2.46. The van der Waals surface area contributed by atoms with Crippen LogP contribution >= 0.6 is 12.4 Å². The van der Waals surface area contributed by atoms with Crippen LogP contribution in [0.5, 0.6) is 0 Å². The first-order valence-electron chi connectivity index (χ1n) is 8.61. The molecule has 2 heterocycles. The molecule has 0 aromatic heterocycles. The first-order valence-corrected chi connectivity index (χ1v) is 10.0. The second kappa shape index (κ2) is 8.49. The van der Waals surface area contributed by atoms with Crippen molar-refractivity contribution in [2.24, 2.45) is 0 Å². The van der Waals surface area contributed by atoms with Crippen LogP contribution in [0.25, 0.3) is 0 Å². The maximum Gasteiger partial charge on any atom is 0.253 e. The monoisotopic (exact) mass is 387 g/mol. The van der Waals surface area contributed by atoms with Gasteiger partial charge < -0.3 is 10.2 Å². The summed E-state index contributed by atoms with van der Waals surface area (Å²) in [6, 6.07) is 5.03. The molecule has 3 rings (SSSR count). The fraction of sp³-hybridized carbons (Fsp3) is 0.588. The second-order valence-electron chi connectivity index (χ2n) is 6.49. The Kier molecular flexibility index (Phi) is 6.85. The van der Waals surface area contributed by atoms with E-state index in [1.54, 1.807) is 34.3 Å². The number of sulfonamides is 1. The quantitative estimate of drug-likeness (QED) is 0.855. The predicted octanol–water partition coefficient (Wildman–Crippen LogP) is 1.64. The number of rotatable bonds is 3. The average Bonchev–Trinajstić information content (AvgIpc) is 2.63. The number of nitrogens with zero attached hydrogens (tertiary/aromatic N) is 2. The van der Waals surface area contributed by atoms with Crippen LogP contribution in [0.1, 0.15) is 35.2 Å². The first-order chi connectivity index (χ1) is 11.5. The van der Waals surface area contributed by atoms with Crippen molar-refractivity contribution < 1.29 is 13.2 Å². The summed E-state index contributed by atoms with van der Waals surface area (Å²) in [5, 5.41) is 3.21. The molecule has 0 bridgehead atoms. The predicted molar refractivity (Wildman–Crippen MR) is 99.8 cm³/mol. The standard InChI is InChI=1S/C17H25N3O3S.ClH/c1-14-5-6-15(17(21)19-11-7-18-8-12-19)13-16(14)24(22,23)20-9-3-2-4-10-20;/h5-6,13,18H,2-4,7-12H2,1H3;1H. The van der Waals surface area contributed by atoms with E-state index in [1.807, 2.05) is 0 Å². The smallest absolute Gasteiger partial charge is 0.253 e. The summed E-state index contributed by atoms with van der Waals surface area (Å²) in [5.74, 6) is -0.0911. The molecule has 0 atom stereocenters. The van der Waals surface area contributed by atoms with Crippen LogP contribution in [-0.4, -0.2) is 62.8 Å². The zero-order valence-corrected chi connectivity index (χ0v) is 16.2. The number of hydrogen-bond acceptors (Lipinski definition) is 4. The Balaban J connectivity index is 0.00000225. The molecule has 0 radical (unpaired) electrons. The van der Waals surface area contributed by atoms with Gasteiger partial charge in [0, 0.05) is 44.8 Å². The molecule has 6 nitrogen and oxygen atoms in total. The molecular weight excluding hydrogens is 362 g/mol. The molecule has 1 aromatic rings. The van der Waals surface area contributed by atoms with Crippen molar-refractivity contribution in [3.8, 4) is 0 Å². The highest BCUT2D eigenvalue weighted by Crippen LogP contribution is 2.25. The van der Waals surface area contributed by atoms with E-state index in [9.17, 15) is 13.2 Å². The van der Waals surface area contributed by atoms with E-state index < -0.39 is 10.0 Å². The van der Waals surface area contributed by atoms with Crippen LogP contribution in [0.4, 0.5) is 0 Å². The molecule has 0 spiro atoms. The molecule has 8 heteroatoms. The van der Waals surface area contributed by atoms with E-state index in [4.69, 9.17) is 0 Å². The topological polar surface area (TPSA) is 69.7 Å². The minimum atomic E-state index is -3.53. The normalized spacial score (nSPS) is 19.3. The summed E-state index contributed by atoms with van der Waals surface area (Å²) in [4.78, 5) is 14.7. The molecule has 25 heavy (non-hydrogen) atoms. The minimum absolute atomic E-state index is 0. The third-order valence-electron chi connectivity index (χ3n) is 4.77. The third kappa shape index (κ3) is 4.34. The van der Waals surface area contributed by atoms with Crippen LogP contribution in [0.3, 0.4) is 0 Å². The lowest BCUT2D eigenvalue weighted by atomic mass is 10.1. The van der Waals surface area contributed by atoms with Gasteiger partial charge in [-0.25, -0.2) is 8.42 Å². The Morgan fingerprint density at radius 3 is 2.32 bits per heavy atom. The molecular formula is C17H26ClN3O3S. The van der Waals surface area contributed by atoms with Crippen molar-refractivity contribution in [1.82, 2.24) is 14.5 Å². The van der Waals surface area contributed by atoms with Gasteiger partial charge in [0.2, 0.25) is 10.0 Å². The SMILES string of the molecule is Cc1ccc(C(=O)N2CCNCC2)cc1S(=O)(=O)N1CCCCC1.Cl. The number of piperidine rings is 1. The van der Waals surface area contributed by atoms with Gasteiger partial charge in [0.15, 0.2) is 0 Å². The van der Waals surface area contributed by atoms with Gasteiger partial charge in [-0.15, -0.1) is 12.4 Å². The highest BCUT2D eigenvalue weighted by Gasteiger charge is 2.28. The Bertz CT molecular complexity index is 712. The van der Waals surface area contributed by atoms with Gasteiger partial charge >= 0.3 is 0 Å². The van der Waals surface area contributed by atoms with Gasteiger partial charge in [0.05, 0.1) is 4.90 Å². The second-order valence-corrected chi connectivity index (χ2v) is 8.39. The van der Waals surface area contributed by atoms with Crippen molar-refractivity contribution in [2.45, 2.75) is 31.1 Å². The Labute approximate surface area is 156 Å². The molecule has 140 valence electrons. The third-order valence-corrected chi connectivity index (χ3v) is 6.81. The van der Waals surface area contributed by atoms with E-state index in [0.717, 1.165) is 32.4 Å². The Morgan fingerprint density at radius 2 is 1.68 bits per heavy atom. The number of carbonyl (C=O) groups excluding carboxylic acids is 1.